The first-order valence-electron chi connectivity index (χ1n) is 7.12. The lowest BCUT2D eigenvalue weighted by molar-refractivity contribution is -0.138. The monoisotopic (exact) mass is 263 g/mol. The Morgan fingerprint density at radius 1 is 1.42 bits per heavy atom. The largest absolute Gasteiger partial charge is 0.493 e. The van der Waals surface area contributed by atoms with Crippen molar-refractivity contribution in [2.75, 3.05) is 13.2 Å². The summed E-state index contributed by atoms with van der Waals surface area (Å²) in [7, 11) is 0. The van der Waals surface area contributed by atoms with Crippen LogP contribution >= 0.6 is 0 Å². The summed E-state index contributed by atoms with van der Waals surface area (Å²) in [4.78, 5) is 0. The lowest BCUT2D eigenvalue weighted by Crippen LogP contribution is -2.60. The van der Waals surface area contributed by atoms with E-state index in [0.29, 0.717) is 19.6 Å². The van der Waals surface area contributed by atoms with Crippen molar-refractivity contribution < 1.29 is 9.84 Å². The number of benzene rings is 1. The van der Waals surface area contributed by atoms with Crippen molar-refractivity contribution in [3.63, 3.8) is 0 Å². The van der Waals surface area contributed by atoms with Crippen molar-refractivity contribution >= 4 is 0 Å². The highest BCUT2D eigenvalue weighted by Gasteiger charge is 2.52. The van der Waals surface area contributed by atoms with E-state index in [1.807, 2.05) is 25.1 Å². The summed E-state index contributed by atoms with van der Waals surface area (Å²) in [5.41, 5.74) is 6.01. The molecule has 2 atom stereocenters. The molecule has 0 amide bonds. The minimum Gasteiger partial charge on any atom is -0.493 e. The van der Waals surface area contributed by atoms with Crippen molar-refractivity contribution in [3.05, 3.63) is 29.8 Å². The molecule has 0 fully saturated rings. The van der Waals surface area contributed by atoms with Crippen molar-refractivity contribution in [2.45, 2.75) is 39.2 Å². The van der Waals surface area contributed by atoms with Gasteiger partial charge in [0.2, 0.25) is 0 Å². The van der Waals surface area contributed by atoms with Gasteiger partial charge in [0, 0.05) is 12.0 Å². The molecule has 1 aliphatic heterocycles. The predicted molar refractivity (Wildman–Crippen MR) is 77.2 cm³/mol. The van der Waals surface area contributed by atoms with Gasteiger partial charge in [-0.25, -0.2) is 0 Å². The van der Waals surface area contributed by atoms with Crippen LogP contribution in [0, 0.1) is 11.3 Å². The molecule has 0 aromatic heterocycles. The highest BCUT2D eigenvalue weighted by molar-refractivity contribution is 5.37. The minimum absolute atomic E-state index is 0.148. The molecule has 1 aromatic rings. The smallest absolute Gasteiger partial charge is 0.122 e. The summed E-state index contributed by atoms with van der Waals surface area (Å²) in [6.45, 7) is 7.06. The van der Waals surface area contributed by atoms with Crippen LogP contribution in [0.4, 0.5) is 0 Å². The third-order valence-corrected chi connectivity index (χ3v) is 4.81. The molecule has 1 aromatic carbocycles. The molecule has 19 heavy (non-hydrogen) atoms. The number of para-hydroxylation sites is 1. The average Bonchev–Trinajstić information content (AvgIpc) is 2.45. The van der Waals surface area contributed by atoms with Gasteiger partial charge < -0.3 is 15.6 Å². The van der Waals surface area contributed by atoms with Gasteiger partial charge in [-0.05, 0) is 30.4 Å². The van der Waals surface area contributed by atoms with Crippen molar-refractivity contribution in [1.29, 1.82) is 0 Å². The first-order valence-corrected chi connectivity index (χ1v) is 7.12. The zero-order chi connectivity index (χ0) is 14.1. The van der Waals surface area contributed by atoms with Crippen molar-refractivity contribution in [1.82, 2.24) is 0 Å². The highest BCUT2D eigenvalue weighted by Crippen LogP contribution is 2.46. The maximum Gasteiger partial charge on any atom is 0.122 e. The molecular weight excluding hydrogens is 238 g/mol. The lowest BCUT2D eigenvalue weighted by Gasteiger charge is -2.51. The standard InChI is InChI=1S/C16H25NO2/c1-4-16(18,12(2)3)15(10-17)9-13-7-5-6-8-14(13)19-11-15/h5-8,12,18H,4,9-11,17H2,1-3H3. The third-order valence-electron chi connectivity index (χ3n) is 4.81. The van der Waals surface area contributed by atoms with Gasteiger partial charge in [-0.3, -0.25) is 0 Å². The summed E-state index contributed by atoms with van der Waals surface area (Å²) in [6, 6.07) is 8.03. The van der Waals surface area contributed by atoms with E-state index in [2.05, 4.69) is 19.9 Å². The van der Waals surface area contributed by atoms with Crippen LogP contribution in [0.15, 0.2) is 24.3 Å². The Bertz CT molecular complexity index is 446. The second-order valence-electron chi connectivity index (χ2n) is 5.99. The Morgan fingerprint density at radius 2 is 2.11 bits per heavy atom. The normalized spacial score (nSPS) is 25.6. The number of aliphatic hydroxyl groups is 1. The van der Waals surface area contributed by atoms with Gasteiger partial charge in [0.15, 0.2) is 0 Å². The molecular formula is C16H25NO2. The molecule has 3 heteroatoms. The van der Waals surface area contributed by atoms with E-state index in [9.17, 15) is 5.11 Å². The van der Waals surface area contributed by atoms with Gasteiger partial charge >= 0.3 is 0 Å². The molecule has 2 rings (SSSR count). The molecule has 3 N–H and O–H groups in total. The molecule has 1 aliphatic rings. The Balaban J connectivity index is 2.41. The number of rotatable bonds is 4. The van der Waals surface area contributed by atoms with E-state index in [1.165, 1.54) is 0 Å². The van der Waals surface area contributed by atoms with Gasteiger partial charge in [-0.2, -0.15) is 0 Å². The second kappa shape index (κ2) is 5.14. The first-order chi connectivity index (χ1) is 8.99. The number of nitrogens with two attached hydrogens (primary N) is 1. The summed E-state index contributed by atoms with van der Waals surface area (Å²) >= 11 is 0. The Kier molecular flexibility index (Phi) is 3.88. The van der Waals surface area contributed by atoms with E-state index in [1.54, 1.807) is 0 Å². The topological polar surface area (TPSA) is 55.5 Å². The van der Waals surface area contributed by atoms with Crippen molar-refractivity contribution in [2.24, 2.45) is 17.1 Å². The third kappa shape index (κ3) is 2.15. The SMILES string of the molecule is CCC(O)(C(C)C)C1(CN)COc2ccccc2C1. The maximum atomic E-state index is 11.1. The molecule has 106 valence electrons. The van der Waals surface area contributed by atoms with Crippen molar-refractivity contribution in [3.8, 4) is 5.75 Å². The molecule has 2 unspecified atom stereocenters. The molecule has 3 nitrogen and oxygen atoms in total. The highest BCUT2D eigenvalue weighted by atomic mass is 16.5. The molecule has 0 spiro atoms. The summed E-state index contributed by atoms with van der Waals surface area (Å²) in [5, 5.41) is 11.1. The number of fused-ring (bicyclic) bond motifs is 1. The molecule has 0 saturated carbocycles. The Hall–Kier alpha value is -1.06. The second-order valence-corrected chi connectivity index (χ2v) is 5.99. The van der Waals surface area contributed by atoms with Crippen LogP contribution in [0.1, 0.15) is 32.8 Å². The quantitative estimate of drug-likeness (QED) is 0.877. The van der Waals surface area contributed by atoms with E-state index >= 15 is 0 Å². The molecule has 0 aliphatic carbocycles. The summed E-state index contributed by atoms with van der Waals surface area (Å²) in [5.74, 6) is 1.07. The van der Waals surface area contributed by atoms with Crippen LogP contribution in [-0.4, -0.2) is 23.9 Å². The van der Waals surface area contributed by atoms with Gasteiger partial charge in [-0.15, -0.1) is 0 Å². The maximum absolute atomic E-state index is 11.1. The molecule has 0 radical (unpaired) electrons. The van der Waals surface area contributed by atoms with E-state index in [-0.39, 0.29) is 5.92 Å². The van der Waals surface area contributed by atoms with E-state index in [0.717, 1.165) is 17.7 Å². The molecule has 0 bridgehead atoms. The van der Waals surface area contributed by atoms with Crippen LogP contribution in [-0.2, 0) is 6.42 Å². The fourth-order valence-electron chi connectivity index (χ4n) is 3.40. The van der Waals surface area contributed by atoms with Gasteiger partial charge in [-0.1, -0.05) is 39.0 Å². The number of ether oxygens (including phenoxy) is 1. The first kappa shape index (κ1) is 14.4. The fraction of sp³-hybridized carbons (Fsp3) is 0.625. The van der Waals surface area contributed by atoms with Gasteiger partial charge in [0.05, 0.1) is 12.2 Å². The number of hydrogen-bond donors (Lipinski definition) is 2. The fourth-order valence-corrected chi connectivity index (χ4v) is 3.40. The van der Waals surface area contributed by atoms with E-state index in [4.69, 9.17) is 10.5 Å². The zero-order valence-corrected chi connectivity index (χ0v) is 12.1. The van der Waals surface area contributed by atoms with Gasteiger partial charge in [0.25, 0.3) is 0 Å². The van der Waals surface area contributed by atoms with E-state index < -0.39 is 11.0 Å². The van der Waals surface area contributed by atoms with Crippen LogP contribution in [0.25, 0.3) is 0 Å². The van der Waals surface area contributed by atoms with Gasteiger partial charge in [0.1, 0.15) is 5.75 Å². The molecule has 1 heterocycles. The summed E-state index contributed by atoms with van der Waals surface area (Å²) < 4.78 is 5.89. The van der Waals surface area contributed by atoms with Crippen LogP contribution < -0.4 is 10.5 Å². The average molecular weight is 263 g/mol. The molecule has 0 saturated heterocycles. The Labute approximate surface area is 115 Å². The zero-order valence-electron chi connectivity index (χ0n) is 12.1. The Morgan fingerprint density at radius 3 is 2.68 bits per heavy atom. The number of hydrogen-bond acceptors (Lipinski definition) is 3. The predicted octanol–water partition coefficient (Wildman–Crippen LogP) is 2.36. The lowest BCUT2D eigenvalue weighted by atomic mass is 9.62. The summed E-state index contributed by atoms with van der Waals surface area (Å²) in [6.07, 6.45) is 1.47. The van der Waals surface area contributed by atoms with Crippen LogP contribution in [0.5, 0.6) is 5.75 Å². The minimum atomic E-state index is -0.796. The van der Waals surface area contributed by atoms with Crippen LogP contribution in [0.3, 0.4) is 0 Å². The van der Waals surface area contributed by atoms with Crippen LogP contribution in [0.2, 0.25) is 0 Å².